The standard InChI is InChI=1S/C18H25N3O3S/c1-3-10-25(23,24)21-9-5-4-6-17(21)18(22)20-15-7-8-16-14(12-15)11-13(2)19-16/h7-8,11-12,17,19H,3-6,9-10H2,1-2H3,(H,20,22)/t17-/m0/s1. The van der Waals surface area contributed by atoms with E-state index < -0.39 is 16.1 Å². The van der Waals surface area contributed by atoms with Gasteiger partial charge >= 0.3 is 0 Å². The van der Waals surface area contributed by atoms with Gasteiger partial charge < -0.3 is 10.3 Å². The molecule has 1 fully saturated rings. The van der Waals surface area contributed by atoms with Crippen molar-refractivity contribution in [1.29, 1.82) is 0 Å². The Morgan fingerprint density at radius 3 is 2.88 bits per heavy atom. The Hall–Kier alpha value is -1.86. The highest BCUT2D eigenvalue weighted by Crippen LogP contribution is 2.24. The van der Waals surface area contributed by atoms with Gasteiger partial charge in [0.2, 0.25) is 15.9 Å². The van der Waals surface area contributed by atoms with Gasteiger partial charge in [-0.1, -0.05) is 13.3 Å². The summed E-state index contributed by atoms with van der Waals surface area (Å²) in [6.45, 7) is 4.25. The molecule has 1 amide bonds. The van der Waals surface area contributed by atoms with Gasteiger partial charge in [0.25, 0.3) is 0 Å². The summed E-state index contributed by atoms with van der Waals surface area (Å²) in [6.07, 6.45) is 2.80. The van der Waals surface area contributed by atoms with E-state index >= 15 is 0 Å². The fourth-order valence-electron chi connectivity index (χ4n) is 3.46. The molecule has 0 bridgehead atoms. The Labute approximate surface area is 148 Å². The number of H-pyrrole nitrogens is 1. The van der Waals surface area contributed by atoms with Crippen molar-refractivity contribution in [2.75, 3.05) is 17.6 Å². The van der Waals surface area contributed by atoms with Crippen LogP contribution >= 0.6 is 0 Å². The fourth-order valence-corrected chi connectivity index (χ4v) is 5.20. The van der Waals surface area contributed by atoms with Crippen LogP contribution in [0.5, 0.6) is 0 Å². The van der Waals surface area contributed by atoms with Gasteiger partial charge in [-0.2, -0.15) is 4.31 Å². The number of nitrogens with one attached hydrogen (secondary N) is 2. The minimum Gasteiger partial charge on any atom is -0.359 e. The minimum atomic E-state index is -3.38. The minimum absolute atomic E-state index is 0.0887. The Balaban J connectivity index is 1.79. The molecule has 1 aliphatic rings. The quantitative estimate of drug-likeness (QED) is 0.857. The van der Waals surface area contributed by atoms with Crippen LogP contribution in [0.15, 0.2) is 24.3 Å². The zero-order valence-electron chi connectivity index (χ0n) is 14.7. The highest BCUT2D eigenvalue weighted by Gasteiger charge is 2.36. The first-order valence-electron chi connectivity index (χ1n) is 8.80. The molecule has 2 heterocycles. The monoisotopic (exact) mass is 363 g/mol. The van der Waals surface area contributed by atoms with Crippen LogP contribution in [0.2, 0.25) is 0 Å². The van der Waals surface area contributed by atoms with Crippen LogP contribution in [0.3, 0.4) is 0 Å². The molecule has 25 heavy (non-hydrogen) atoms. The van der Waals surface area contributed by atoms with Crippen LogP contribution in [0.25, 0.3) is 10.9 Å². The topological polar surface area (TPSA) is 82.3 Å². The number of fused-ring (bicyclic) bond motifs is 1. The molecule has 0 saturated carbocycles. The Bertz CT molecular complexity index is 873. The molecule has 1 aromatic carbocycles. The number of amides is 1. The van der Waals surface area contributed by atoms with Crippen molar-refractivity contribution in [2.45, 2.75) is 45.6 Å². The van der Waals surface area contributed by atoms with E-state index in [0.29, 0.717) is 25.1 Å². The zero-order chi connectivity index (χ0) is 18.0. The van der Waals surface area contributed by atoms with Crippen LogP contribution in [-0.2, 0) is 14.8 Å². The predicted octanol–water partition coefficient (Wildman–Crippen LogP) is 3.01. The van der Waals surface area contributed by atoms with E-state index in [2.05, 4.69) is 10.3 Å². The molecule has 1 aliphatic heterocycles. The number of aromatic amines is 1. The van der Waals surface area contributed by atoms with Crippen molar-refractivity contribution in [2.24, 2.45) is 0 Å². The van der Waals surface area contributed by atoms with E-state index in [1.54, 1.807) is 0 Å². The molecule has 0 radical (unpaired) electrons. The second-order valence-corrected chi connectivity index (χ2v) is 8.72. The highest BCUT2D eigenvalue weighted by atomic mass is 32.2. The maximum absolute atomic E-state index is 12.7. The molecule has 1 saturated heterocycles. The first kappa shape index (κ1) is 17.9. The highest BCUT2D eigenvalue weighted by molar-refractivity contribution is 7.89. The first-order chi connectivity index (χ1) is 11.9. The van der Waals surface area contributed by atoms with Gasteiger partial charge in [0.1, 0.15) is 6.04 Å². The van der Waals surface area contributed by atoms with E-state index in [0.717, 1.165) is 29.4 Å². The SMILES string of the molecule is CCCS(=O)(=O)N1CCCC[C@H]1C(=O)Nc1ccc2[nH]c(C)cc2c1. The summed E-state index contributed by atoms with van der Waals surface area (Å²) in [5, 5.41) is 3.92. The number of sulfonamides is 1. The third-order valence-electron chi connectivity index (χ3n) is 4.60. The smallest absolute Gasteiger partial charge is 0.242 e. The van der Waals surface area contributed by atoms with Crippen LogP contribution in [-0.4, -0.2) is 42.0 Å². The summed E-state index contributed by atoms with van der Waals surface area (Å²) in [6, 6.07) is 7.07. The summed E-state index contributed by atoms with van der Waals surface area (Å²) in [5.74, 6) is -0.156. The third-order valence-corrected chi connectivity index (χ3v) is 6.67. The summed E-state index contributed by atoms with van der Waals surface area (Å²) >= 11 is 0. The van der Waals surface area contributed by atoms with Crippen molar-refractivity contribution in [3.63, 3.8) is 0 Å². The molecular formula is C18H25N3O3S. The van der Waals surface area contributed by atoms with Crippen LogP contribution < -0.4 is 5.32 Å². The van der Waals surface area contributed by atoms with Gasteiger partial charge in [-0.15, -0.1) is 0 Å². The van der Waals surface area contributed by atoms with Crippen molar-refractivity contribution >= 4 is 32.5 Å². The van der Waals surface area contributed by atoms with Crippen molar-refractivity contribution in [3.8, 4) is 0 Å². The van der Waals surface area contributed by atoms with Crippen LogP contribution in [0.1, 0.15) is 38.3 Å². The molecule has 136 valence electrons. The van der Waals surface area contributed by atoms with Gasteiger partial charge in [0.15, 0.2) is 0 Å². The number of aromatic nitrogens is 1. The average Bonchev–Trinajstić information content (AvgIpc) is 2.94. The number of anilines is 1. The number of hydrogen-bond acceptors (Lipinski definition) is 3. The average molecular weight is 363 g/mol. The Kier molecular flexibility index (Phi) is 5.15. The number of rotatable bonds is 5. The second-order valence-electron chi connectivity index (χ2n) is 6.68. The number of aryl methyl sites for hydroxylation is 1. The Morgan fingerprint density at radius 1 is 1.32 bits per heavy atom. The largest absolute Gasteiger partial charge is 0.359 e. The lowest BCUT2D eigenvalue weighted by Gasteiger charge is -2.33. The van der Waals surface area contributed by atoms with Gasteiger partial charge in [-0.3, -0.25) is 4.79 Å². The van der Waals surface area contributed by atoms with Gasteiger partial charge in [0, 0.05) is 28.8 Å². The van der Waals surface area contributed by atoms with Crippen LogP contribution in [0, 0.1) is 6.92 Å². The lowest BCUT2D eigenvalue weighted by atomic mass is 10.0. The van der Waals surface area contributed by atoms with Crippen molar-refractivity contribution in [1.82, 2.24) is 9.29 Å². The van der Waals surface area contributed by atoms with Gasteiger partial charge in [-0.25, -0.2) is 8.42 Å². The first-order valence-corrected chi connectivity index (χ1v) is 10.4. The normalized spacial score (nSPS) is 19.2. The molecule has 6 nitrogen and oxygen atoms in total. The maximum Gasteiger partial charge on any atom is 0.242 e. The predicted molar refractivity (Wildman–Crippen MR) is 100 cm³/mol. The summed E-state index contributed by atoms with van der Waals surface area (Å²) in [7, 11) is -3.38. The molecular weight excluding hydrogens is 338 g/mol. The Morgan fingerprint density at radius 2 is 2.12 bits per heavy atom. The van der Waals surface area contributed by atoms with E-state index in [9.17, 15) is 13.2 Å². The van der Waals surface area contributed by atoms with E-state index in [1.165, 1.54) is 4.31 Å². The molecule has 2 N–H and O–H groups in total. The van der Waals surface area contributed by atoms with Crippen molar-refractivity contribution < 1.29 is 13.2 Å². The molecule has 1 atom stereocenters. The lowest BCUT2D eigenvalue weighted by Crippen LogP contribution is -2.50. The number of nitrogens with zero attached hydrogens (tertiary/aromatic N) is 1. The van der Waals surface area contributed by atoms with Crippen LogP contribution in [0.4, 0.5) is 5.69 Å². The number of carbonyl (C=O) groups is 1. The fraction of sp³-hybridized carbons (Fsp3) is 0.500. The molecule has 7 heteroatoms. The number of hydrogen-bond donors (Lipinski definition) is 2. The number of piperidine rings is 1. The second kappa shape index (κ2) is 7.17. The molecule has 3 rings (SSSR count). The van der Waals surface area contributed by atoms with E-state index in [1.807, 2.05) is 38.1 Å². The summed E-state index contributed by atoms with van der Waals surface area (Å²) < 4.78 is 26.3. The van der Waals surface area contributed by atoms with E-state index in [-0.39, 0.29) is 11.7 Å². The number of carbonyl (C=O) groups excluding carboxylic acids is 1. The maximum atomic E-state index is 12.7. The van der Waals surface area contributed by atoms with E-state index in [4.69, 9.17) is 0 Å². The van der Waals surface area contributed by atoms with Crippen molar-refractivity contribution in [3.05, 3.63) is 30.0 Å². The lowest BCUT2D eigenvalue weighted by molar-refractivity contribution is -0.120. The van der Waals surface area contributed by atoms with Gasteiger partial charge in [0.05, 0.1) is 5.75 Å². The third kappa shape index (κ3) is 3.88. The number of benzene rings is 1. The van der Waals surface area contributed by atoms with Gasteiger partial charge in [-0.05, 0) is 50.5 Å². The summed E-state index contributed by atoms with van der Waals surface area (Å²) in [5.41, 5.74) is 2.76. The summed E-state index contributed by atoms with van der Waals surface area (Å²) in [4.78, 5) is 16.0. The molecule has 0 aliphatic carbocycles. The molecule has 0 spiro atoms. The zero-order valence-corrected chi connectivity index (χ0v) is 15.5. The molecule has 2 aromatic rings. The molecule has 0 unspecified atom stereocenters. The molecule has 1 aromatic heterocycles.